The standard InChI is InChI=1S/C14H16N2OS/c1-16(13(17)10-6-2-3-7-10)14-15-11-8-4-5-9-12(11)18-14/h4-5,8-10H,2-3,6-7H2,1H3. The molecule has 0 spiro atoms. The highest BCUT2D eigenvalue weighted by atomic mass is 32.1. The van der Waals surface area contributed by atoms with E-state index in [1.165, 1.54) is 12.8 Å². The molecular formula is C14H16N2OS. The number of para-hydroxylation sites is 1. The summed E-state index contributed by atoms with van der Waals surface area (Å²) in [4.78, 5) is 18.6. The summed E-state index contributed by atoms with van der Waals surface area (Å²) >= 11 is 1.59. The molecule has 0 atom stereocenters. The van der Waals surface area contributed by atoms with E-state index < -0.39 is 0 Å². The maximum Gasteiger partial charge on any atom is 0.231 e. The Labute approximate surface area is 110 Å². The Morgan fingerprint density at radius 2 is 2.06 bits per heavy atom. The molecule has 3 nitrogen and oxygen atoms in total. The topological polar surface area (TPSA) is 33.2 Å². The third-order valence-electron chi connectivity index (χ3n) is 3.60. The number of carbonyl (C=O) groups is 1. The fraction of sp³-hybridized carbons (Fsp3) is 0.429. The van der Waals surface area contributed by atoms with Gasteiger partial charge in [0, 0.05) is 13.0 Å². The highest BCUT2D eigenvalue weighted by Crippen LogP contribution is 2.31. The molecule has 0 unspecified atom stereocenters. The lowest BCUT2D eigenvalue weighted by Gasteiger charge is -2.17. The molecule has 1 fully saturated rings. The number of thiazole rings is 1. The molecule has 0 radical (unpaired) electrons. The Bertz CT molecular complexity index is 539. The second-order valence-corrected chi connectivity index (χ2v) is 5.85. The van der Waals surface area contributed by atoms with Gasteiger partial charge in [0.1, 0.15) is 0 Å². The van der Waals surface area contributed by atoms with Gasteiger partial charge in [-0.1, -0.05) is 36.3 Å². The van der Waals surface area contributed by atoms with E-state index in [4.69, 9.17) is 0 Å². The Kier molecular flexibility index (Phi) is 3.04. The molecule has 0 aliphatic heterocycles. The first-order valence-corrected chi connectivity index (χ1v) is 7.20. The van der Waals surface area contributed by atoms with Crippen molar-refractivity contribution in [1.82, 2.24) is 4.98 Å². The van der Waals surface area contributed by atoms with Gasteiger partial charge in [0.2, 0.25) is 5.91 Å². The van der Waals surface area contributed by atoms with Crippen LogP contribution in [0.4, 0.5) is 5.13 Å². The van der Waals surface area contributed by atoms with Crippen molar-refractivity contribution < 1.29 is 4.79 Å². The van der Waals surface area contributed by atoms with Gasteiger partial charge in [-0.3, -0.25) is 9.69 Å². The van der Waals surface area contributed by atoms with Crippen molar-refractivity contribution in [2.75, 3.05) is 11.9 Å². The lowest BCUT2D eigenvalue weighted by atomic mass is 10.1. The molecule has 0 N–H and O–H groups in total. The predicted molar refractivity (Wildman–Crippen MR) is 75.0 cm³/mol. The number of benzene rings is 1. The number of nitrogens with zero attached hydrogens (tertiary/aromatic N) is 2. The smallest absolute Gasteiger partial charge is 0.231 e. The number of hydrogen-bond donors (Lipinski definition) is 0. The summed E-state index contributed by atoms with van der Waals surface area (Å²) in [5.74, 6) is 0.438. The normalized spacial score (nSPS) is 16.3. The van der Waals surface area contributed by atoms with Gasteiger partial charge in [-0.25, -0.2) is 4.98 Å². The van der Waals surface area contributed by atoms with Crippen molar-refractivity contribution in [3.05, 3.63) is 24.3 Å². The molecule has 0 bridgehead atoms. The molecule has 3 rings (SSSR count). The molecule has 1 heterocycles. The summed E-state index contributed by atoms with van der Waals surface area (Å²) < 4.78 is 1.14. The number of rotatable bonds is 2. The van der Waals surface area contributed by atoms with E-state index in [1.807, 2.05) is 31.3 Å². The van der Waals surface area contributed by atoms with Gasteiger partial charge in [-0.2, -0.15) is 0 Å². The molecule has 1 aromatic carbocycles. The lowest BCUT2D eigenvalue weighted by molar-refractivity contribution is -0.121. The molecule has 1 aliphatic rings. The number of aromatic nitrogens is 1. The van der Waals surface area contributed by atoms with Crippen molar-refractivity contribution in [2.24, 2.45) is 5.92 Å². The summed E-state index contributed by atoms with van der Waals surface area (Å²) in [6, 6.07) is 8.02. The van der Waals surface area contributed by atoms with Crippen molar-refractivity contribution >= 4 is 32.6 Å². The lowest BCUT2D eigenvalue weighted by Crippen LogP contribution is -2.31. The number of hydrogen-bond acceptors (Lipinski definition) is 3. The van der Waals surface area contributed by atoms with E-state index in [9.17, 15) is 4.79 Å². The van der Waals surface area contributed by atoms with E-state index in [0.29, 0.717) is 0 Å². The van der Waals surface area contributed by atoms with Crippen molar-refractivity contribution in [3.63, 3.8) is 0 Å². The summed E-state index contributed by atoms with van der Waals surface area (Å²) in [6.07, 6.45) is 4.44. The highest BCUT2D eigenvalue weighted by molar-refractivity contribution is 7.22. The zero-order valence-electron chi connectivity index (χ0n) is 10.4. The van der Waals surface area contributed by atoms with Crippen LogP contribution in [0.3, 0.4) is 0 Å². The van der Waals surface area contributed by atoms with Gasteiger partial charge in [-0.05, 0) is 25.0 Å². The van der Waals surface area contributed by atoms with Crippen molar-refractivity contribution in [3.8, 4) is 0 Å². The third-order valence-corrected chi connectivity index (χ3v) is 4.72. The van der Waals surface area contributed by atoms with E-state index in [2.05, 4.69) is 4.98 Å². The zero-order valence-corrected chi connectivity index (χ0v) is 11.2. The molecule has 1 amide bonds. The van der Waals surface area contributed by atoms with Crippen LogP contribution >= 0.6 is 11.3 Å². The maximum absolute atomic E-state index is 12.3. The minimum Gasteiger partial charge on any atom is -0.291 e. The van der Waals surface area contributed by atoms with Gasteiger partial charge in [-0.15, -0.1) is 0 Å². The highest BCUT2D eigenvalue weighted by Gasteiger charge is 2.27. The third kappa shape index (κ3) is 2.01. The number of anilines is 1. The quantitative estimate of drug-likeness (QED) is 0.828. The van der Waals surface area contributed by atoms with E-state index in [1.54, 1.807) is 16.2 Å². The van der Waals surface area contributed by atoms with Crippen LogP contribution in [0.5, 0.6) is 0 Å². The zero-order chi connectivity index (χ0) is 12.5. The molecule has 1 saturated carbocycles. The fourth-order valence-electron chi connectivity index (χ4n) is 2.54. The molecular weight excluding hydrogens is 244 g/mol. The molecule has 1 aromatic heterocycles. The second kappa shape index (κ2) is 4.69. The fourth-order valence-corrected chi connectivity index (χ4v) is 3.48. The molecule has 1 aliphatic carbocycles. The average molecular weight is 260 g/mol. The number of carbonyl (C=O) groups excluding carboxylic acids is 1. The first-order valence-electron chi connectivity index (χ1n) is 6.39. The van der Waals surface area contributed by atoms with Crippen LogP contribution in [-0.4, -0.2) is 17.9 Å². The minimum absolute atomic E-state index is 0.210. The summed E-state index contributed by atoms with van der Waals surface area (Å²) in [7, 11) is 1.85. The Hall–Kier alpha value is -1.42. The number of amides is 1. The Morgan fingerprint density at radius 1 is 1.33 bits per heavy atom. The first kappa shape index (κ1) is 11.7. The van der Waals surface area contributed by atoms with Crippen LogP contribution in [-0.2, 0) is 4.79 Å². The van der Waals surface area contributed by atoms with Crippen LogP contribution in [0.25, 0.3) is 10.2 Å². The van der Waals surface area contributed by atoms with Gasteiger partial charge < -0.3 is 0 Å². The van der Waals surface area contributed by atoms with Crippen molar-refractivity contribution in [2.45, 2.75) is 25.7 Å². The largest absolute Gasteiger partial charge is 0.291 e. The van der Waals surface area contributed by atoms with Gasteiger partial charge in [0.25, 0.3) is 0 Å². The van der Waals surface area contributed by atoms with E-state index in [-0.39, 0.29) is 11.8 Å². The van der Waals surface area contributed by atoms with Gasteiger partial charge >= 0.3 is 0 Å². The summed E-state index contributed by atoms with van der Waals surface area (Å²) in [6.45, 7) is 0. The first-order chi connectivity index (χ1) is 8.75. The second-order valence-electron chi connectivity index (χ2n) is 4.84. The molecule has 2 aromatic rings. The predicted octanol–water partition coefficient (Wildman–Crippen LogP) is 3.45. The van der Waals surface area contributed by atoms with Crippen LogP contribution < -0.4 is 4.90 Å². The van der Waals surface area contributed by atoms with Gasteiger partial charge in [0.05, 0.1) is 10.2 Å². The molecule has 18 heavy (non-hydrogen) atoms. The Balaban J connectivity index is 1.86. The average Bonchev–Trinajstić information content (AvgIpc) is 3.05. The number of fused-ring (bicyclic) bond motifs is 1. The van der Waals surface area contributed by atoms with E-state index >= 15 is 0 Å². The van der Waals surface area contributed by atoms with Crippen molar-refractivity contribution in [1.29, 1.82) is 0 Å². The van der Waals surface area contributed by atoms with Crippen LogP contribution in [0.1, 0.15) is 25.7 Å². The molecule has 4 heteroatoms. The Morgan fingerprint density at radius 3 is 2.78 bits per heavy atom. The summed E-state index contributed by atoms with van der Waals surface area (Å²) in [5, 5.41) is 0.813. The van der Waals surface area contributed by atoms with Gasteiger partial charge in [0.15, 0.2) is 5.13 Å². The SMILES string of the molecule is CN(C(=O)C1CCCC1)c1nc2ccccc2s1. The minimum atomic E-state index is 0.210. The maximum atomic E-state index is 12.3. The van der Waals surface area contributed by atoms with Crippen LogP contribution in [0.2, 0.25) is 0 Å². The van der Waals surface area contributed by atoms with Crippen LogP contribution in [0.15, 0.2) is 24.3 Å². The molecule has 0 saturated heterocycles. The van der Waals surface area contributed by atoms with E-state index in [0.717, 1.165) is 28.2 Å². The van der Waals surface area contributed by atoms with Crippen LogP contribution in [0, 0.1) is 5.92 Å². The summed E-state index contributed by atoms with van der Waals surface area (Å²) in [5.41, 5.74) is 0.976. The monoisotopic (exact) mass is 260 g/mol. The molecule has 94 valence electrons.